The summed E-state index contributed by atoms with van der Waals surface area (Å²) >= 11 is 0.886. The molecule has 178 valence electrons. The minimum atomic E-state index is -4.64. The maximum absolute atomic E-state index is 13.5. The van der Waals surface area contributed by atoms with Crippen molar-refractivity contribution in [2.75, 3.05) is 5.32 Å². The highest BCUT2D eigenvalue weighted by molar-refractivity contribution is 8.00. The fraction of sp³-hybridized carbons (Fsp3) is 0.148. The molecule has 1 heterocycles. The lowest BCUT2D eigenvalue weighted by Crippen LogP contribution is -2.23. The van der Waals surface area contributed by atoms with Crippen molar-refractivity contribution in [2.45, 2.75) is 29.9 Å². The van der Waals surface area contributed by atoms with Gasteiger partial charge < -0.3 is 5.32 Å². The first-order chi connectivity index (χ1) is 16.8. The molecule has 4 rings (SSSR count). The molecule has 1 N–H and O–H groups in total. The maximum Gasteiger partial charge on any atom is 0.433 e. The van der Waals surface area contributed by atoms with E-state index in [4.69, 9.17) is 0 Å². The number of nitrogens with zero attached hydrogens (tertiary/aromatic N) is 2. The van der Waals surface area contributed by atoms with Crippen LogP contribution in [-0.2, 0) is 17.4 Å². The summed E-state index contributed by atoms with van der Waals surface area (Å²) in [7, 11) is 0. The number of hydrogen-bond acceptors (Lipinski definition) is 4. The van der Waals surface area contributed by atoms with Crippen LogP contribution >= 0.6 is 11.8 Å². The summed E-state index contributed by atoms with van der Waals surface area (Å²) in [5, 5.41) is 2.06. The van der Waals surface area contributed by atoms with E-state index in [1.54, 1.807) is 37.3 Å². The summed E-state index contributed by atoms with van der Waals surface area (Å²) < 4.78 is 40.5. The average molecular weight is 494 g/mol. The molecule has 0 aliphatic heterocycles. The number of nitrogens with one attached hydrogen (secondary N) is 1. The van der Waals surface area contributed by atoms with E-state index in [9.17, 15) is 18.0 Å². The molecule has 0 aliphatic carbocycles. The largest absolute Gasteiger partial charge is 0.433 e. The molecule has 0 radical (unpaired) electrons. The topological polar surface area (TPSA) is 54.9 Å². The van der Waals surface area contributed by atoms with Gasteiger partial charge in [-0.05, 0) is 36.6 Å². The van der Waals surface area contributed by atoms with E-state index in [2.05, 4.69) is 15.3 Å². The molecule has 1 amide bonds. The van der Waals surface area contributed by atoms with Crippen LogP contribution in [0.3, 0.4) is 0 Å². The van der Waals surface area contributed by atoms with Gasteiger partial charge in [-0.2, -0.15) is 13.2 Å². The zero-order valence-electron chi connectivity index (χ0n) is 18.8. The number of amides is 1. The smallest absolute Gasteiger partial charge is 0.325 e. The standard InChI is InChI=1S/C27H22F3N3OS/c1-18(25(34)31-22-15-9-8-14-21(22)16-19-10-4-2-5-11-19)35-26-32-23(20-12-6-3-7-13-20)17-24(33-26)27(28,29)30/h2-15,17-18H,16H2,1H3,(H,31,34)/t18-/m1/s1. The molecule has 0 saturated heterocycles. The van der Waals surface area contributed by atoms with Crippen LogP contribution in [0, 0.1) is 0 Å². The Morgan fingerprint density at radius 1 is 0.914 bits per heavy atom. The van der Waals surface area contributed by atoms with Crippen molar-refractivity contribution in [1.29, 1.82) is 0 Å². The predicted molar refractivity (Wildman–Crippen MR) is 132 cm³/mol. The second kappa shape index (κ2) is 10.7. The van der Waals surface area contributed by atoms with E-state index in [-0.39, 0.29) is 16.8 Å². The summed E-state index contributed by atoms with van der Waals surface area (Å²) in [5.74, 6) is -0.349. The lowest BCUT2D eigenvalue weighted by atomic mass is 10.0. The molecule has 0 fully saturated rings. The summed E-state index contributed by atoms with van der Waals surface area (Å²) in [6.45, 7) is 1.62. The van der Waals surface area contributed by atoms with Crippen LogP contribution in [0.5, 0.6) is 0 Å². The van der Waals surface area contributed by atoms with E-state index in [1.807, 2.05) is 54.6 Å². The Bertz CT molecular complexity index is 1300. The van der Waals surface area contributed by atoms with Gasteiger partial charge >= 0.3 is 6.18 Å². The van der Waals surface area contributed by atoms with Crippen molar-refractivity contribution < 1.29 is 18.0 Å². The molecule has 0 unspecified atom stereocenters. The molecule has 1 atom stereocenters. The zero-order valence-corrected chi connectivity index (χ0v) is 19.6. The van der Waals surface area contributed by atoms with E-state index < -0.39 is 17.1 Å². The monoisotopic (exact) mass is 493 g/mol. The first kappa shape index (κ1) is 24.5. The third kappa shape index (κ3) is 6.48. The van der Waals surface area contributed by atoms with Gasteiger partial charge in [0.25, 0.3) is 0 Å². The minimum Gasteiger partial charge on any atom is -0.325 e. The van der Waals surface area contributed by atoms with Gasteiger partial charge in [-0.25, -0.2) is 9.97 Å². The second-order valence-corrected chi connectivity index (χ2v) is 9.16. The summed E-state index contributed by atoms with van der Waals surface area (Å²) in [6.07, 6.45) is -4.00. The molecule has 4 aromatic rings. The van der Waals surface area contributed by atoms with Crippen molar-refractivity contribution in [1.82, 2.24) is 9.97 Å². The van der Waals surface area contributed by atoms with Gasteiger partial charge in [-0.3, -0.25) is 4.79 Å². The van der Waals surface area contributed by atoms with Crippen molar-refractivity contribution in [3.63, 3.8) is 0 Å². The number of anilines is 1. The number of benzene rings is 3. The van der Waals surface area contributed by atoms with Crippen LogP contribution in [0.4, 0.5) is 18.9 Å². The van der Waals surface area contributed by atoms with Crippen LogP contribution in [0.2, 0.25) is 0 Å². The summed E-state index contributed by atoms with van der Waals surface area (Å²) in [6, 6.07) is 26.8. The van der Waals surface area contributed by atoms with Crippen LogP contribution in [0.25, 0.3) is 11.3 Å². The SMILES string of the molecule is C[C@@H](Sc1nc(-c2ccccc2)cc(C(F)(F)F)n1)C(=O)Nc1ccccc1Cc1ccccc1. The molecule has 35 heavy (non-hydrogen) atoms. The number of thioether (sulfide) groups is 1. The Morgan fingerprint density at radius 2 is 1.54 bits per heavy atom. The van der Waals surface area contributed by atoms with Crippen LogP contribution in [-0.4, -0.2) is 21.1 Å². The fourth-order valence-electron chi connectivity index (χ4n) is 3.44. The lowest BCUT2D eigenvalue weighted by molar-refractivity contribution is -0.141. The molecular formula is C27H22F3N3OS. The second-order valence-electron chi connectivity index (χ2n) is 7.85. The molecule has 1 aromatic heterocycles. The van der Waals surface area contributed by atoms with Crippen LogP contribution < -0.4 is 5.32 Å². The Labute approximate surface area is 205 Å². The third-order valence-electron chi connectivity index (χ3n) is 5.23. The maximum atomic E-state index is 13.5. The highest BCUT2D eigenvalue weighted by Crippen LogP contribution is 2.33. The van der Waals surface area contributed by atoms with Gasteiger partial charge in [-0.1, -0.05) is 90.6 Å². The Hall–Kier alpha value is -3.65. The number of aromatic nitrogens is 2. The molecule has 3 aromatic carbocycles. The third-order valence-corrected chi connectivity index (χ3v) is 6.19. The van der Waals surface area contributed by atoms with Gasteiger partial charge in [0.05, 0.1) is 10.9 Å². The van der Waals surface area contributed by atoms with Gasteiger partial charge in [0.2, 0.25) is 5.91 Å². The Morgan fingerprint density at radius 3 is 2.23 bits per heavy atom. The first-order valence-corrected chi connectivity index (χ1v) is 11.8. The number of alkyl halides is 3. The zero-order chi connectivity index (χ0) is 24.8. The van der Waals surface area contributed by atoms with Crippen LogP contribution in [0.1, 0.15) is 23.7 Å². The average Bonchev–Trinajstić information content (AvgIpc) is 2.85. The first-order valence-electron chi connectivity index (χ1n) is 10.9. The summed E-state index contributed by atoms with van der Waals surface area (Å²) in [5.41, 5.74) is 2.33. The summed E-state index contributed by atoms with van der Waals surface area (Å²) in [4.78, 5) is 20.9. The molecular weight excluding hydrogens is 471 g/mol. The predicted octanol–water partition coefficient (Wildman–Crippen LogP) is 6.87. The van der Waals surface area contributed by atoms with Crippen molar-refractivity contribution >= 4 is 23.4 Å². The molecule has 0 spiro atoms. The van der Waals surface area contributed by atoms with E-state index in [0.717, 1.165) is 29.0 Å². The van der Waals surface area contributed by atoms with Crippen molar-refractivity contribution in [3.05, 3.63) is 108 Å². The fourth-order valence-corrected chi connectivity index (χ4v) is 4.22. The van der Waals surface area contributed by atoms with Gasteiger partial charge in [0.1, 0.15) is 5.69 Å². The van der Waals surface area contributed by atoms with E-state index >= 15 is 0 Å². The Kier molecular flexibility index (Phi) is 7.51. The van der Waals surface area contributed by atoms with E-state index in [1.165, 1.54) is 0 Å². The molecule has 4 nitrogen and oxygen atoms in total. The van der Waals surface area contributed by atoms with Crippen molar-refractivity contribution in [2.24, 2.45) is 0 Å². The molecule has 0 saturated carbocycles. The number of halogens is 3. The van der Waals surface area contributed by atoms with Gasteiger partial charge in [0, 0.05) is 11.3 Å². The molecule has 8 heteroatoms. The van der Waals surface area contributed by atoms with Gasteiger partial charge in [0.15, 0.2) is 5.16 Å². The number of rotatable bonds is 7. The quantitative estimate of drug-likeness (QED) is 0.225. The number of carbonyl (C=O) groups excluding carboxylic acids is 1. The molecule has 0 aliphatic rings. The van der Waals surface area contributed by atoms with E-state index in [0.29, 0.717) is 17.7 Å². The minimum absolute atomic E-state index is 0.112. The highest BCUT2D eigenvalue weighted by atomic mass is 32.2. The molecule has 0 bridgehead atoms. The Balaban J connectivity index is 1.53. The normalized spacial score (nSPS) is 12.2. The van der Waals surface area contributed by atoms with Crippen LogP contribution in [0.15, 0.2) is 96.2 Å². The number of hydrogen-bond donors (Lipinski definition) is 1. The number of para-hydroxylation sites is 1. The van der Waals surface area contributed by atoms with Crippen molar-refractivity contribution in [3.8, 4) is 11.3 Å². The highest BCUT2D eigenvalue weighted by Gasteiger charge is 2.34. The lowest BCUT2D eigenvalue weighted by Gasteiger charge is -2.15. The van der Waals surface area contributed by atoms with Gasteiger partial charge in [-0.15, -0.1) is 0 Å². The number of carbonyl (C=O) groups is 1.